The Hall–Kier alpha value is -4.83. The second kappa shape index (κ2) is 15.8. The molecule has 4 rings (SSSR count). The molecule has 0 saturated heterocycles. The van der Waals surface area contributed by atoms with Crippen LogP contribution in [0.4, 0.5) is 5.69 Å². The molecular formula is C35H39N3O6S. The van der Waals surface area contributed by atoms with Crippen molar-refractivity contribution >= 4 is 27.5 Å². The molecule has 0 saturated carbocycles. The van der Waals surface area contributed by atoms with Crippen LogP contribution in [0.1, 0.15) is 24.5 Å². The fraction of sp³-hybridized carbons (Fsp3) is 0.257. The van der Waals surface area contributed by atoms with E-state index < -0.39 is 28.5 Å². The number of ether oxygens (including phenoxy) is 2. The topological polar surface area (TPSA) is 105 Å². The third kappa shape index (κ3) is 8.42. The van der Waals surface area contributed by atoms with E-state index in [1.165, 1.54) is 37.3 Å². The lowest BCUT2D eigenvalue weighted by atomic mass is 10.0. The van der Waals surface area contributed by atoms with Gasteiger partial charge in [-0.2, -0.15) is 0 Å². The molecule has 4 aromatic carbocycles. The van der Waals surface area contributed by atoms with Crippen LogP contribution < -0.4 is 19.1 Å². The summed E-state index contributed by atoms with van der Waals surface area (Å²) in [4.78, 5) is 29.7. The highest BCUT2D eigenvalue weighted by atomic mass is 32.2. The number of amides is 2. The Morgan fingerprint density at radius 2 is 1.40 bits per heavy atom. The predicted molar refractivity (Wildman–Crippen MR) is 175 cm³/mol. The van der Waals surface area contributed by atoms with Gasteiger partial charge in [-0.25, -0.2) is 8.42 Å². The minimum Gasteiger partial charge on any atom is -0.497 e. The maximum absolute atomic E-state index is 14.5. The highest BCUT2D eigenvalue weighted by Crippen LogP contribution is 2.36. The van der Waals surface area contributed by atoms with Crippen molar-refractivity contribution < 1.29 is 27.5 Å². The number of methoxy groups -OCH3 is 2. The standard InChI is InChI=1S/C35H39N3O6S/c1-4-22-36-35(40)32(23-27-14-8-5-9-15-27)37(25-28-16-10-6-11-17-28)34(39)26-38(45(41,42)30-18-12-7-13-19-30)31-24-29(43-2)20-21-33(31)44-3/h5-21,24,32H,4,22-23,25-26H2,1-3H3,(H,36,40). The number of benzene rings is 4. The number of nitrogens with one attached hydrogen (secondary N) is 1. The number of hydrogen-bond acceptors (Lipinski definition) is 6. The molecule has 2 amide bonds. The largest absolute Gasteiger partial charge is 0.497 e. The number of carbonyl (C=O) groups is 2. The number of rotatable bonds is 15. The van der Waals surface area contributed by atoms with Crippen molar-refractivity contribution in [2.75, 3.05) is 31.6 Å². The normalized spacial score (nSPS) is 11.7. The van der Waals surface area contributed by atoms with E-state index in [1.807, 2.05) is 67.6 Å². The smallest absolute Gasteiger partial charge is 0.264 e. The monoisotopic (exact) mass is 629 g/mol. The Morgan fingerprint density at radius 3 is 1.98 bits per heavy atom. The lowest BCUT2D eigenvalue weighted by Gasteiger charge is -2.34. The van der Waals surface area contributed by atoms with E-state index >= 15 is 0 Å². The van der Waals surface area contributed by atoms with Crippen molar-refractivity contribution in [3.8, 4) is 11.5 Å². The number of nitrogens with zero attached hydrogens (tertiary/aromatic N) is 2. The van der Waals surface area contributed by atoms with Crippen LogP contribution in [0.5, 0.6) is 11.5 Å². The number of carbonyl (C=O) groups excluding carboxylic acids is 2. The molecule has 0 fully saturated rings. The summed E-state index contributed by atoms with van der Waals surface area (Å²) in [7, 11) is -1.39. The molecule has 0 spiro atoms. The fourth-order valence-corrected chi connectivity index (χ4v) is 6.36. The molecule has 0 heterocycles. The van der Waals surface area contributed by atoms with Gasteiger partial charge in [0.2, 0.25) is 11.8 Å². The van der Waals surface area contributed by atoms with Crippen LogP contribution in [0.2, 0.25) is 0 Å². The summed E-state index contributed by atoms with van der Waals surface area (Å²) in [6.07, 6.45) is 0.956. The van der Waals surface area contributed by atoms with E-state index in [0.717, 1.165) is 21.9 Å². The summed E-state index contributed by atoms with van der Waals surface area (Å²) in [6.45, 7) is 1.88. The van der Waals surface area contributed by atoms with Gasteiger partial charge in [-0.05, 0) is 41.8 Å². The highest BCUT2D eigenvalue weighted by Gasteiger charge is 2.35. The van der Waals surface area contributed by atoms with Gasteiger partial charge in [0, 0.05) is 25.6 Å². The van der Waals surface area contributed by atoms with Gasteiger partial charge in [-0.15, -0.1) is 0 Å². The molecular weight excluding hydrogens is 590 g/mol. The Morgan fingerprint density at radius 1 is 0.800 bits per heavy atom. The molecule has 0 aliphatic carbocycles. The van der Waals surface area contributed by atoms with Gasteiger partial charge < -0.3 is 19.7 Å². The first-order valence-electron chi connectivity index (χ1n) is 14.7. The van der Waals surface area contributed by atoms with Crippen molar-refractivity contribution in [1.29, 1.82) is 0 Å². The fourth-order valence-electron chi connectivity index (χ4n) is 4.92. The van der Waals surface area contributed by atoms with E-state index in [1.54, 1.807) is 30.3 Å². The average molecular weight is 630 g/mol. The molecule has 0 aromatic heterocycles. The average Bonchev–Trinajstić information content (AvgIpc) is 3.08. The molecule has 1 unspecified atom stereocenters. The van der Waals surface area contributed by atoms with Crippen molar-refractivity contribution in [3.05, 3.63) is 120 Å². The summed E-state index contributed by atoms with van der Waals surface area (Å²) in [5.41, 5.74) is 1.79. The molecule has 0 aliphatic rings. The van der Waals surface area contributed by atoms with Gasteiger partial charge in [-0.1, -0.05) is 85.8 Å². The Bertz CT molecular complexity index is 1650. The summed E-state index contributed by atoms with van der Waals surface area (Å²) >= 11 is 0. The van der Waals surface area contributed by atoms with Gasteiger partial charge >= 0.3 is 0 Å². The molecule has 0 bridgehead atoms. The number of anilines is 1. The van der Waals surface area contributed by atoms with Crippen molar-refractivity contribution in [1.82, 2.24) is 10.2 Å². The lowest BCUT2D eigenvalue weighted by Crippen LogP contribution is -2.53. The van der Waals surface area contributed by atoms with Gasteiger partial charge in [0.05, 0.1) is 24.8 Å². The van der Waals surface area contributed by atoms with E-state index in [4.69, 9.17) is 9.47 Å². The van der Waals surface area contributed by atoms with E-state index in [9.17, 15) is 18.0 Å². The SMILES string of the molecule is CCCNC(=O)C(Cc1ccccc1)N(Cc1ccccc1)C(=O)CN(c1cc(OC)ccc1OC)S(=O)(=O)c1ccccc1. The minimum atomic E-state index is -4.28. The first-order valence-corrected chi connectivity index (χ1v) is 16.2. The van der Waals surface area contributed by atoms with E-state index in [2.05, 4.69) is 5.32 Å². The molecule has 4 aromatic rings. The van der Waals surface area contributed by atoms with E-state index in [-0.39, 0.29) is 35.2 Å². The molecule has 0 radical (unpaired) electrons. The summed E-state index contributed by atoms with van der Waals surface area (Å²) in [6, 6.07) is 30.5. The predicted octanol–water partition coefficient (Wildman–Crippen LogP) is 5.07. The van der Waals surface area contributed by atoms with Crippen LogP contribution in [0.25, 0.3) is 0 Å². The zero-order valence-electron chi connectivity index (χ0n) is 25.8. The van der Waals surface area contributed by atoms with Crippen LogP contribution in [0, 0.1) is 0 Å². The summed E-state index contributed by atoms with van der Waals surface area (Å²) in [5, 5.41) is 2.95. The van der Waals surface area contributed by atoms with E-state index in [0.29, 0.717) is 12.3 Å². The Kier molecular flexibility index (Phi) is 11.6. The second-order valence-electron chi connectivity index (χ2n) is 10.4. The molecule has 9 nitrogen and oxygen atoms in total. The second-order valence-corrected chi connectivity index (χ2v) is 12.2. The minimum absolute atomic E-state index is 0.00110. The van der Waals surface area contributed by atoms with Gasteiger partial charge in [0.15, 0.2) is 0 Å². The van der Waals surface area contributed by atoms with Gasteiger partial charge in [-0.3, -0.25) is 13.9 Å². The molecule has 1 atom stereocenters. The Labute approximate surface area is 265 Å². The van der Waals surface area contributed by atoms with Crippen LogP contribution in [0.3, 0.4) is 0 Å². The van der Waals surface area contributed by atoms with Crippen LogP contribution in [-0.2, 0) is 32.6 Å². The first-order chi connectivity index (χ1) is 21.8. The molecule has 45 heavy (non-hydrogen) atoms. The third-order valence-corrected chi connectivity index (χ3v) is 9.05. The van der Waals surface area contributed by atoms with Crippen LogP contribution in [-0.4, -0.2) is 58.5 Å². The quantitative estimate of drug-likeness (QED) is 0.197. The molecule has 236 valence electrons. The maximum Gasteiger partial charge on any atom is 0.264 e. The maximum atomic E-state index is 14.5. The van der Waals surface area contributed by atoms with Gasteiger partial charge in [0.1, 0.15) is 24.1 Å². The number of sulfonamides is 1. The zero-order valence-corrected chi connectivity index (χ0v) is 26.6. The summed E-state index contributed by atoms with van der Waals surface area (Å²) in [5.74, 6) is -0.259. The van der Waals surface area contributed by atoms with Crippen LogP contribution >= 0.6 is 0 Å². The molecule has 10 heteroatoms. The van der Waals surface area contributed by atoms with Gasteiger partial charge in [0.25, 0.3) is 10.0 Å². The summed E-state index contributed by atoms with van der Waals surface area (Å²) < 4.78 is 40.4. The molecule has 0 aliphatic heterocycles. The first kappa shape index (κ1) is 33.1. The third-order valence-electron chi connectivity index (χ3n) is 7.28. The highest BCUT2D eigenvalue weighted by molar-refractivity contribution is 7.92. The zero-order chi connectivity index (χ0) is 32.2. The van der Waals surface area contributed by atoms with Crippen molar-refractivity contribution in [2.24, 2.45) is 0 Å². The Balaban J connectivity index is 1.84. The van der Waals surface area contributed by atoms with Crippen molar-refractivity contribution in [2.45, 2.75) is 37.2 Å². The number of hydrogen-bond donors (Lipinski definition) is 1. The van der Waals surface area contributed by atoms with Crippen molar-refractivity contribution in [3.63, 3.8) is 0 Å². The lowest BCUT2D eigenvalue weighted by molar-refractivity contribution is -0.140. The molecule has 1 N–H and O–H groups in total. The van der Waals surface area contributed by atoms with Crippen LogP contribution in [0.15, 0.2) is 114 Å².